The van der Waals surface area contributed by atoms with Crippen LogP contribution in [0.3, 0.4) is 0 Å². The molecule has 1 unspecified atom stereocenters. The lowest BCUT2D eigenvalue weighted by Gasteiger charge is -2.38. The van der Waals surface area contributed by atoms with E-state index in [9.17, 15) is 0 Å². The minimum Gasteiger partial charge on any atom is -0.354 e. The summed E-state index contributed by atoms with van der Waals surface area (Å²) in [5.74, 6) is 1.09. The van der Waals surface area contributed by atoms with Crippen LogP contribution in [0.2, 0.25) is 0 Å². The maximum Gasteiger partial charge on any atom is 0.129 e. The average Bonchev–Trinajstić information content (AvgIpc) is 3.15. The molecule has 23 heavy (non-hydrogen) atoms. The van der Waals surface area contributed by atoms with Crippen molar-refractivity contribution in [3.8, 4) is 0 Å². The highest BCUT2D eigenvalue weighted by Gasteiger charge is 2.24. The molecule has 1 atom stereocenters. The number of anilines is 1. The molecule has 0 spiro atoms. The topological polar surface area (TPSA) is 32.3 Å². The van der Waals surface area contributed by atoms with Crippen molar-refractivity contribution in [3.05, 3.63) is 53.0 Å². The Kier molecular flexibility index (Phi) is 3.97. The smallest absolute Gasteiger partial charge is 0.129 e. The normalized spacial score (nSPS) is 17.5. The van der Waals surface area contributed by atoms with Gasteiger partial charge in [-0.3, -0.25) is 4.90 Å². The summed E-state index contributed by atoms with van der Waals surface area (Å²) in [6.45, 7) is 6.38. The first-order valence-corrected chi connectivity index (χ1v) is 8.93. The van der Waals surface area contributed by atoms with E-state index in [2.05, 4.69) is 57.4 Å². The fourth-order valence-corrected chi connectivity index (χ4v) is 3.90. The third-order valence-electron chi connectivity index (χ3n) is 4.58. The fourth-order valence-electron chi connectivity index (χ4n) is 3.17. The van der Waals surface area contributed by atoms with Crippen molar-refractivity contribution in [2.24, 2.45) is 0 Å². The van der Waals surface area contributed by atoms with E-state index in [0.717, 1.165) is 37.5 Å². The largest absolute Gasteiger partial charge is 0.354 e. The van der Waals surface area contributed by atoms with E-state index in [1.54, 1.807) is 11.3 Å². The van der Waals surface area contributed by atoms with Crippen LogP contribution in [0.25, 0.3) is 10.9 Å². The second-order valence-electron chi connectivity index (χ2n) is 5.93. The zero-order valence-corrected chi connectivity index (χ0v) is 14.0. The summed E-state index contributed by atoms with van der Waals surface area (Å²) in [5.41, 5.74) is 1.07. The van der Waals surface area contributed by atoms with Gasteiger partial charge in [-0.25, -0.2) is 9.97 Å². The Bertz CT molecular complexity index is 779. The van der Waals surface area contributed by atoms with Crippen molar-refractivity contribution >= 4 is 28.1 Å². The van der Waals surface area contributed by atoms with Crippen molar-refractivity contribution in [2.45, 2.75) is 13.0 Å². The third kappa shape index (κ3) is 2.94. The number of benzene rings is 1. The molecule has 4 rings (SSSR count). The first kappa shape index (κ1) is 14.6. The Balaban J connectivity index is 1.46. The molecular weight excluding hydrogens is 304 g/mol. The van der Waals surface area contributed by atoms with E-state index in [4.69, 9.17) is 4.98 Å². The van der Waals surface area contributed by atoms with Crippen LogP contribution < -0.4 is 4.90 Å². The standard InChI is InChI=1S/C18H20N4S/c1-14(18-19-8-13-23-18)21-9-11-22(12-10-21)17-7-6-15-4-2-3-5-16(15)20-17/h2-8,13-14H,9-12H2,1H3. The van der Waals surface area contributed by atoms with Crippen molar-refractivity contribution in [1.82, 2.24) is 14.9 Å². The van der Waals surface area contributed by atoms with Gasteiger partial charge in [-0.2, -0.15) is 0 Å². The molecule has 118 valence electrons. The Hall–Kier alpha value is -1.98. The number of fused-ring (bicyclic) bond motifs is 1. The van der Waals surface area contributed by atoms with Crippen LogP contribution in [0, 0.1) is 0 Å². The molecule has 0 bridgehead atoms. The van der Waals surface area contributed by atoms with E-state index in [1.807, 2.05) is 12.3 Å². The van der Waals surface area contributed by atoms with Gasteiger partial charge >= 0.3 is 0 Å². The summed E-state index contributed by atoms with van der Waals surface area (Å²) < 4.78 is 0. The van der Waals surface area contributed by atoms with Crippen molar-refractivity contribution < 1.29 is 0 Å². The van der Waals surface area contributed by atoms with Crippen LogP contribution in [0.1, 0.15) is 18.0 Å². The van der Waals surface area contributed by atoms with Crippen LogP contribution in [0.15, 0.2) is 48.0 Å². The molecule has 1 aliphatic rings. The number of piperazine rings is 1. The SMILES string of the molecule is CC(c1nccs1)N1CCN(c2ccc3ccccc3n2)CC1. The fraction of sp³-hybridized carbons (Fsp3) is 0.333. The molecular formula is C18H20N4S. The van der Waals surface area contributed by atoms with E-state index >= 15 is 0 Å². The van der Waals surface area contributed by atoms with Gasteiger partial charge in [0.15, 0.2) is 0 Å². The van der Waals surface area contributed by atoms with Gasteiger partial charge in [-0.05, 0) is 25.1 Å². The quantitative estimate of drug-likeness (QED) is 0.737. The Morgan fingerprint density at radius 3 is 2.65 bits per heavy atom. The average molecular weight is 324 g/mol. The molecule has 5 heteroatoms. The zero-order valence-electron chi connectivity index (χ0n) is 13.2. The van der Waals surface area contributed by atoms with Crippen LogP contribution in [-0.2, 0) is 0 Å². The summed E-state index contributed by atoms with van der Waals surface area (Å²) in [4.78, 5) is 14.2. The number of para-hydroxylation sites is 1. The molecule has 1 saturated heterocycles. The van der Waals surface area contributed by atoms with Gasteiger partial charge < -0.3 is 4.90 Å². The number of thiazole rings is 1. The van der Waals surface area contributed by atoms with Crippen LogP contribution in [0.5, 0.6) is 0 Å². The van der Waals surface area contributed by atoms with Gasteiger partial charge in [0.25, 0.3) is 0 Å². The second kappa shape index (κ2) is 6.26. The van der Waals surface area contributed by atoms with E-state index in [-0.39, 0.29) is 0 Å². The van der Waals surface area contributed by atoms with Crippen molar-refractivity contribution in [2.75, 3.05) is 31.1 Å². The monoisotopic (exact) mass is 324 g/mol. The predicted octanol–water partition coefficient (Wildman–Crippen LogP) is 3.57. The highest BCUT2D eigenvalue weighted by molar-refractivity contribution is 7.09. The third-order valence-corrected chi connectivity index (χ3v) is 5.52. The Morgan fingerprint density at radius 2 is 1.87 bits per heavy atom. The summed E-state index contributed by atoms with van der Waals surface area (Å²) in [5, 5.41) is 4.47. The lowest BCUT2D eigenvalue weighted by Crippen LogP contribution is -2.47. The molecule has 0 amide bonds. The zero-order chi connectivity index (χ0) is 15.6. The highest BCUT2D eigenvalue weighted by atomic mass is 32.1. The van der Waals surface area contributed by atoms with Gasteiger partial charge in [-0.1, -0.05) is 18.2 Å². The summed E-state index contributed by atoms with van der Waals surface area (Å²) >= 11 is 1.74. The number of aromatic nitrogens is 2. The summed E-state index contributed by atoms with van der Waals surface area (Å²) in [6, 6.07) is 13.0. The van der Waals surface area contributed by atoms with E-state index in [1.165, 1.54) is 10.4 Å². The number of rotatable bonds is 3. The lowest BCUT2D eigenvalue weighted by atomic mass is 10.2. The number of pyridine rings is 1. The molecule has 3 heterocycles. The van der Waals surface area contributed by atoms with Crippen LogP contribution in [-0.4, -0.2) is 41.0 Å². The summed E-state index contributed by atoms with van der Waals surface area (Å²) in [6.07, 6.45) is 1.89. The molecule has 1 aromatic carbocycles. The van der Waals surface area contributed by atoms with Crippen LogP contribution in [0.4, 0.5) is 5.82 Å². The molecule has 3 aromatic rings. The van der Waals surface area contributed by atoms with Gasteiger partial charge in [-0.15, -0.1) is 11.3 Å². The number of nitrogens with zero attached hydrogens (tertiary/aromatic N) is 4. The molecule has 0 radical (unpaired) electrons. The molecule has 4 nitrogen and oxygen atoms in total. The minimum absolute atomic E-state index is 0.404. The Labute approximate surface area is 140 Å². The first-order valence-electron chi connectivity index (χ1n) is 8.05. The van der Waals surface area contributed by atoms with Gasteiger partial charge in [0, 0.05) is 43.1 Å². The minimum atomic E-state index is 0.404. The van der Waals surface area contributed by atoms with Gasteiger partial charge in [0.05, 0.1) is 11.6 Å². The maximum atomic E-state index is 4.82. The maximum absolute atomic E-state index is 4.82. The second-order valence-corrected chi connectivity index (χ2v) is 6.86. The predicted molar refractivity (Wildman–Crippen MR) is 96.1 cm³/mol. The Morgan fingerprint density at radius 1 is 1.04 bits per heavy atom. The molecule has 1 aliphatic heterocycles. The van der Waals surface area contributed by atoms with E-state index < -0.39 is 0 Å². The van der Waals surface area contributed by atoms with Crippen molar-refractivity contribution in [1.29, 1.82) is 0 Å². The first-order chi connectivity index (χ1) is 11.3. The molecule has 0 aliphatic carbocycles. The highest BCUT2D eigenvalue weighted by Crippen LogP contribution is 2.25. The molecule has 2 aromatic heterocycles. The van der Waals surface area contributed by atoms with Crippen molar-refractivity contribution in [3.63, 3.8) is 0 Å². The summed E-state index contributed by atoms with van der Waals surface area (Å²) in [7, 11) is 0. The van der Waals surface area contributed by atoms with Crippen LogP contribution >= 0.6 is 11.3 Å². The number of hydrogen-bond acceptors (Lipinski definition) is 5. The number of hydrogen-bond donors (Lipinski definition) is 0. The molecule has 1 fully saturated rings. The molecule has 0 N–H and O–H groups in total. The van der Waals surface area contributed by atoms with Gasteiger partial charge in [0.2, 0.25) is 0 Å². The molecule has 0 saturated carbocycles. The van der Waals surface area contributed by atoms with E-state index in [0.29, 0.717) is 6.04 Å². The van der Waals surface area contributed by atoms with Gasteiger partial charge in [0.1, 0.15) is 10.8 Å². The lowest BCUT2D eigenvalue weighted by molar-refractivity contribution is 0.198.